The summed E-state index contributed by atoms with van der Waals surface area (Å²) in [4.78, 5) is 39.3. The molecule has 1 aliphatic heterocycles. The Balaban J connectivity index is 1.56. The summed E-state index contributed by atoms with van der Waals surface area (Å²) in [5, 5.41) is 6.06. The zero-order chi connectivity index (χ0) is 24.6. The molecule has 0 aliphatic carbocycles. The van der Waals surface area contributed by atoms with Gasteiger partial charge >= 0.3 is 0 Å². The number of rotatable bonds is 5. The van der Waals surface area contributed by atoms with Crippen molar-refractivity contribution in [1.82, 2.24) is 0 Å². The van der Waals surface area contributed by atoms with Gasteiger partial charge in [0.05, 0.1) is 15.7 Å². The SMILES string of the molecule is Cc1ccc(NC(=O)c2cccc(NC3=C(Cl)C(=O)N(c4cccc(Cl)c4Cl)C3=O)c2)cc1Cl. The van der Waals surface area contributed by atoms with E-state index in [0.29, 0.717) is 22.0 Å². The number of benzene rings is 3. The molecular weight excluding hydrogens is 520 g/mol. The lowest BCUT2D eigenvalue weighted by Crippen LogP contribution is -2.32. The highest BCUT2D eigenvalue weighted by atomic mass is 35.5. The third kappa shape index (κ3) is 4.63. The third-order valence-electron chi connectivity index (χ3n) is 5.02. The first kappa shape index (κ1) is 24.1. The summed E-state index contributed by atoms with van der Waals surface area (Å²) in [6.07, 6.45) is 0. The van der Waals surface area contributed by atoms with Crippen molar-refractivity contribution in [3.63, 3.8) is 0 Å². The molecular formula is C24H15Cl4N3O3. The van der Waals surface area contributed by atoms with Gasteiger partial charge in [0, 0.05) is 22.0 Å². The normalized spacial score (nSPS) is 13.5. The number of carbonyl (C=O) groups is 3. The van der Waals surface area contributed by atoms with Crippen LogP contribution in [0.15, 0.2) is 71.4 Å². The first-order valence-corrected chi connectivity index (χ1v) is 11.4. The second-order valence-corrected chi connectivity index (χ2v) is 8.90. The number of aryl methyl sites for hydroxylation is 1. The molecule has 0 spiro atoms. The van der Waals surface area contributed by atoms with Crippen LogP contribution >= 0.6 is 46.4 Å². The summed E-state index contributed by atoms with van der Waals surface area (Å²) >= 11 is 24.5. The van der Waals surface area contributed by atoms with E-state index in [9.17, 15) is 14.4 Å². The van der Waals surface area contributed by atoms with Crippen molar-refractivity contribution in [3.05, 3.63) is 97.6 Å². The summed E-state index contributed by atoms with van der Waals surface area (Å²) in [5.41, 5.74) is 2.08. The van der Waals surface area contributed by atoms with Gasteiger partial charge < -0.3 is 10.6 Å². The van der Waals surface area contributed by atoms with Gasteiger partial charge in [0.2, 0.25) is 0 Å². The Hall–Kier alpha value is -3.03. The van der Waals surface area contributed by atoms with Crippen LogP contribution < -0.4 is 15.5 Å². The lowest BCUT2D eigenvalue weighted by Gasteiger charge is -2.17. The largest absolute Gasteiger partial charge is 0.350 e. The molecule has 0 unspecified atom stereocenters. The van der Waals surface area contributed by atoms with Crippen LogP contribution in [0.2, 0.25) is 15.1 Å². The van der Waals surface area contributed by atoms with Crippen LogP contribution in [-0.4, -0.2) is 17.7 Å². The van der Waals surface area contributed by atoms with E-state index in [1.807, 2.05) is 6.92 Å². The minimum atomic E-state index is -0.747. The van der Waals surface area contributed by atoms with E-state index in [1.165, 1.54) is 18.2 Å². The van der Waals surface area contributed by atoms with E-state index in [0.717, 1.165) is 10.5 Å². The maximum Gasteiger partial charge on any atom is 0.283 e. The number of hydrogen-bond acceptors (Lipinski definition) is 4. The van der Waals surface area contributed by atoms with Crippen LogP contribution in [0.5, 0.6) is 0 Å². The minimum Gasteiger partial charge on any atom is -0.350 e. The molecule has 1 aliphatic rings. The second kappa shape index (κ2) is 9.68. The molecule has 0 bridgehead atoms. The smallest absolute Gasteiger partial charge is 0.283 e. The lowest BCUT2D eigenvalue weighted by atomic mass is 10.1. The van der Waals surface area contributed by atoms with Gasteiger partial charge in [0.15, 0.2) is 0 Å². The predicted molar refractivity (Wildman–Crippen MR) is 136 cm³/mol. The van der Waals surface area contributed by atoms with E-state index < -0.39 is 11.8 Å². The van der Waals surface area contributed by atoms with Gasteiger partial charge in [-0.15, -0.1) is 0 Å². The molecule has 0 atom stereocenters. The molecule has 0 radical (unpaired) electrons. The standard InChI is InChI=1S/C24H15Cl4N3O3/c1-12-8-9-15(11-17(12)26)30-22(32)13-4-2-5-14(10-13)29-21-20(28)23(33)31(24(21)34)18-7-3-6-16(25)19(18)27/h2-11,29H,1H3,(H,30,32). The molecule has 0 fully saturated rings. The number of anilines is 3. The molecule has 6 nitrogen and oxygen atoms in total. The lowest BCUT2D eigenvalue weighted by molar-refractivity contribution is -0.120. The van der Waals surface area contributed by atoms with E-state index >= 15 is 0 Å². The maximum atomic E-state index is 13.0. The number of nitrogens with one attached hydrogen (secondary N) is 2. The van der Waals surface area contributed by atoms with Crippen LogP contribution in [0, 0.1) is 6.92 Å². The predicted octanol–water partition coefficient (Wildman–Crippen LogP) is 6.64. The molecule has 1 heterocycles. The van der Waals surface area contributed by atoms with Crippen LogP contribution in [-0.2, 0) is 9.59 Å². The summed E-state index contributed by atoms with van der Waals surface area (Å²) in [6.45, 7) is 1.86. The molecule has 0 aromatic heterocycles. The summed E-state index contributed by atoms with van der Waals surface area (Å²) in [6, 6.07) is 16.2. The number of hydrogen-bond donors (Lipinski definition) is 2. The van der Waals surface area contributed by atoms with Gasteiger partial charge in [-0.25, -0.2) is 4.90 Å². The molecule has 4 rings (SSSR count). The molecule has 2 N–H and O–H groups in total. The molecule has 0 saturated carbocycles. The Kier molecular flexibility index (Phi) is 6.86. The topological polar surface area (TPSA) is 78.5 Å². The summed E-state index contributed by atoms with van der Waals surface area (Å²) < 4.78 is 0. The molecule has 172 valence electrons. The minimum absolute atomic E-state index is 0.0476. The van der Waals surface area contributed by atoms with Crippen molar-refractivity contribution in [3.8, 4) is 0 Å². The Morgan fingerprint density at radius 1 is 0.824 bits per heavy atom. The Morgan fingerprint density at radius 2 is 1.56 bits per heavy atom. The monoisotopic (exact) mass is 533 g/mol. The Labute approximate surface area is 215 Å². The molecule has 0 saturated heterocycles. The van der Waals surface area contributed by atoms with Crippen LogP contribution in [0.1, 0.15) is 15.9 Å². The summed E-state index contributed by atoms with van der Waals surface area (Å²) in [7, 11) is 0. The zero-order valence-corrected chi connectivity index (χ0v) is 20.5. The highest BCUT2D eigenvalue weighted by molar-refractivity contribution is 6.54. The van der Waals surface area contributed by atoms with E-state index in [-0.39, 0.29) is 32.4 Å². The van der Waals surface area contributed by atoms with Gasteiger partial charge in [-0.1, -0.05) is 64.6 Å². The maximum absolute atomic E-state index is 13.0. The average molecular weight is 535 g/mol. The number of carbonyl (C=O) groups excluding carboxylic acids is 3. The first-order valence-electron chi connectivity index (χ1n) is 9.84. The van der Waals surface area contributed by atoms with E-state index in [1.54, 1.807) is 42.5 Å². The molecule has 3 aromatic carbocycles. The van der Waals surface area contributed by atoms with Gasteiger partial charge in [0.25, 0.3) is 17.7 Å². The van der Waals surface area contributed by atoms with Crippen molar-refractivity contribution >= 4 is 81.2 Å². The highest BCUT2D eigenvalue weighted by Crippen LogP contribution is 2.37. The van der Waals surface area contributed by atoms with Crippen LogP contribution in [0.25, 0.3) is 0 Å². The molecule has 3 amide bonds. The van der Waals surface area contributed by atoms with Gasteiger partial charge in [-0.3, -0.25) is 14.4 Å². The average Bonchev–Trinajstić information content (AvgIpc) is 3.01. The number of halogens is 4. The van der Waals surface area contributed by atoms with Crippen molar-refractivity contribution < 1.29 is 14.4 Å². The van der Waals surface area contributed by atoms with Crippen molar-refractivity contribution in [2.75, 3.05) is 15.5 Å². The number of amides is 3. The fraction of sp³-hybridized carbons (Fsp3) is 0.0417. The number of nitrogens with zero attached hydrogens (tertiary/aromatic N) is 1. The Bertz CT molecular complexity index is 1390. The van der Waals surface area contributed by atoms with Gasteiger partial charge in [-0.05, 0) is 55.0 Å². The third-order valence-corrected chi connectivity index (χ3v) is 6.59. The molecule has 3 aromatic rings. The summed E-state index contributed by atoms with van der Waals surface area (Å²) in [5.74, 6) is -1.84. The Morgan fingerprint density at radius 3 is 2.29 bits per heavy atom. The fourth-order valence-corrected chi connectivity index (χ4v) is 4.02. The first-order chi connectivity index (χ1) is 16.2. The van der Waals surface area contributed by atoms with E-state index in [4.69, 9.17) is 46.4 Å². The van der Waals surface area contributed by atoms with Crippen LogP contribution in [0.4, 0.5) is 17.1 Å². The van der Waals surface area contributed by atoms with Gasteiger partial charge in [-0.2, -0.15) is 0 Å². The quantitative estimate of drug-likeness (QED) is 0.359. The van der Waals surface area contributed by atoms with Crippen molar-refractivity contribution in [2.24, 2.45) is 0 Å². The molecule has 10 heteroatoms. The molecule has 34 heavy (non-hydrogen) atoms. The second-order valence-electron chi connectivity index (χ2n) is 7.33. The van der Waals surface area contributed by atoms with Crippen molar-refractivity contribution in [1.29, 1.82) is 0 Å². The van der Waals surface area contributed by atoms with Crippen molar-refractivity contribution in [2.45, 2.75) is 6.92 Å². The van der Waals surface area contributed by atoms with E-state index in [2.05, 4.69) is 10.6 Å². The van der Waals surface area contributed by atoms with Gasteiger partial charge in [0.1, 0.15) is 10.7 Å². The fourth-order valence-electron chi connectivity index (χ4n) is 3.25. The number of imide groups is 1. The highest BCUT2D eigenvalue weighted by Gasteiger charge is 2.40. The zero-order valence-electron chi connectivity index (χ0n) is 17.5. The van der Waals surface area contributed by atoms with Crippen LogP contribution in [0.3, 0.4) is 0 Å².